The largest absolute Gasteiger partial charge is 0.467 e. The number of carbonyl (C=O) groups excluding carboxylic acids is 1. The molecule has 1 heterocycles. The van der Waals surface area contributed by atoms with E-state index in [2.05, 4.69) is 15.5 Å². The van der Waals surface area contributed by atoms with E-state index in [9.17, 15) is 14.9 Å². The predicted molar refractivity (Wildman–Crippen MR) is 85.7 cm³/mol. The Hall–Kier alpha value is -2.90. The Morgan fingerprint density at radius 2 is 2.04 bits per heavy atom. The molecule has 0 aliphatic heterocycles. The third-order valence-corrected chi connectivity index (χ3v) is 4.03. The van der Waals surface area contributed by atoms with E-state index in [0.717, 1.165) is 31.2 Å². The van der Waals surface area contributed by atoms with Gasteiger partial charge in [0.05, 0.1) is 4.92 Å². The van der Waals surface area contributed by atoms with Gasteiger partial charge in [0, 0.05) is 6.04 Å². The van der Waals surface area contributed by atoms with Crippen molar-refractivity contribution in [3.05, 3.63) is 51.7 Å². The van der Waals surface area contributed by atoms with Crippen LogP contribution in [0.15, 0.2) is 30.3 Å². The fourth-order valence-electron chi connectivity index (χ4n) is 2.80. The van der Waals surface area contributed by atoms with E-state index in [4.69, 9.17) is 4.74 Å². The topological polar surface area (TPSA) is 110 Å². The Kier molecular flexibility index (Phi) is 4.74. The second-order valence-corrected chi connectivity index (χ2v) is 5.74. The summed E-state index contributed by atoms with van der Waals surface area (Å²) in [6, 6.07) is 9.30. The average Bonchev–Trinajstić information content (AvgIpc) is 3.23. The second-order valence-electron chi connectivity index (χ2n) is 5.74. The second kappa shape index (κ2) is 7.12. The summed E-state index contributed by atoms with van der Waals surface area (Å²) in [6.45, 7) is 0.135. The van der Waals surface area contributed by atoms with Crippen molar-refractivity contribution in [2.24, 2.45) is 0 Å². The van der Waals surface area contributed by atoms with Crippen molar-refractivity contribution in [3.63, 3.8) is 0 Å². The number of nitro groups is 1. The van der Waals surface area contributed by atoms with Gasteiger partial charge in [0.25, 0.3) is 5.91 Å². The van der Waals surface area contributed by atoms with Crippen molar-refractivity contribution >= 4 is 11.6 Å². The van der Waals surface area contributed by atoms with Gasteiger partial charge in [-0.2, -0.15) is 0 Å². The van der Waals surface area contributed by atoms with Crippen molar-refractivity contribution in [3.8, 4) is 5.88 Å². The van der Waals surface area contributed by atoms with Crippen molar-refractivity contribution in [1.82, 2.24) is 15.5 Å². The number of hydrogen-bond acceptors (Lipinski definition) is 5. The van der Waals surface area contributed by atoms with Crippen LogP contribution in [-0.4, -0.2) is 27.1 Å². The SMILES string of the molecule is O=C(NC1CCCC1)c1[nH]nc(OCc2ccccc2)c1[N+](=O)[O-]. The molecule has 8 nitrogen and oxygen atoms in total. The molecule has 2 N–H and O–H groups in total. The summed E-state index contributed by atoms with van der Waals surface area (Å²) in [5.74, 6) is -0.698. The standard InChI is InChI=1S/C16H18N4O4/c21-15(17-12-8-4-5-9-12)13-14(20(22)23)16(19-18-13)24-10-11-6-2-1-3-7-11/h1-3,6-7,12H,4-5,8-10H2,(H,17,21)(H,18,19). The molecule has 24 heavy (non-hydrogen) atoms. The van der Waals surface area contributed by atoms with Gasteiger partial charge < -0.3 is 10.1 Å². The number of amides is 1. The van der Waals surface area contributed by atoms with Crippen molar-refractivity contribution in [2.45, 2.75) is 38.3 Å². The molecule has 1 amide bonds. The van der Waals surface area contributed by atoms with Crippen molar-refractivity contribution < 1.29 is 14.5 Å². The van der Waals surface area contributed by atoms with E-state index in [1.54, 1.807) is 0 Å². The normalized spacial score (nSPS) is 14.5. The highest BCUT2D eigenvalue weighted by molar-refractivity contribution is 5.97. The molecule has 0 unspecified atom stereocenters. The zero-order valence-corrected chi connectivity index (χ0v) is 13.0. The smallest absolute Gasteiger partial charge is 0.362 e. The van der Waals surface area contributed by atoms with Gasteiger partial charge in [-0.25, -0.2) is 0 Å². The first-order chi connectivity index (χ1) is 11.6. The number of nitrogens with zero attached hydrogens (tertiary/aromatic N) is 2. The molecular weight excluding hydrogens is 312 g/mol. The third kappa shape index (κ3) is 3.53. The maximum Gasteiger partial charge on any atom is 0.362 e. The molecule has 0 bridgehead atoms. The number of nitrogens with one attached hydrogen (secondary N) is 2. The van der Waals surface area contributed by atoms with E-state index in [0.29, 0.717) is 0 Å². The predicted octanol–water partition coefficient (Wildman–Crippen LogP) is 2.57. The quantitative estimate of drug-likeness (QED) is 0.625. The van der Waals surface area contributed by atoms with Gasteiger partial charge in [0.15, 0.2) is 0 Å². The molecule has 1 aliphatic carbocycles. The molecule has 2 aromatic rings. The van der Waals surface area contributed by atoms with E-state index in [-0.39, 0.29) is 24.2 Å². The summed E-state index contributed by atoms with van der Waals surface area (Å²) in [4.78, 5) is 23.0. The monoisotopic (exact) mass is 330 g/mol. The summed E-state index contributed by atoms with van der Waals surface area (Å²) in [6.07, 6.45) is 3.90. The Bertz CT molecular complexity index is 723. The zero-order chi connectivity index (χ0) is 16.9. The maximum atomic E-state index is 12.3. The van der Waals surface area contributed by atoms with Crippen LogP contribution < -0.4 is 10.1 Å². The van der Waals surface area contributed by atoms with E-state index < -0.39 is 16.5 Å². The van der Waals surface area contributed by atoms with Gasteiger partial charge in [-0.1, -0.05) is 43.2 Å². The van der Waals surface area contributed by atoms with Gasteiger partial charge in [0.2, 0.25) is 5.69 Å². The summed E-state index contributed by atoms with van der Waals surface area (Å²) >= 11 is 0. The number of rotatable bonds is 6. The molecule has 1 fully saturated rings. The van der Waals surface area contributed by atoms with Gasteiger partial charge in [-0.15, -0.1) is 5.10 Å². The molecule has 1 aliphatic rings. The average molecular weight is 330 g/mol. The Labute approximate surface area is 138 Å². The first-order valence-corrected chi connectivity index (χ1v) is 7.85. The fourth-order valence-corrected chi connectivity index (χ4v) is 2.80. The maximum absolute atomic E-state index is 12.3. The number of benzene rings is 1. The number of ether oxygens (including phenoxy) is 1. The summed E-state index contributed by atoms with van der Waals surface area (Å²) < 4.78 is 5.42. The van der Waals surface area contributed by atoms with Crippen LogP contribution >= 0.6 is 0 Å². The minimum absolute atomic E-state index is 0.0640. The van der Waals surface area contributed by atoms with Gasteiger partial charge in [-0.3, -0.25) is 20.0 Å². The Balaban J connectivity index is 1.74. The van der Waals surface area contributed by atoms with E-state index >= 15 is 0 Å². The number of H-pyrrole nitrogens is 1. The Morgan fingerprint density at radius 3 is 2.71 bits per heavy atom. The molecule has 126 valence electrons. The van der Waals surface area contributed by atoms with Crippen LogP contribution in [0.4, 0.5) is 5.69 Å². The van der Waals surface area contributed by atoms with E-state index in [1.807, 2.05) is 30.3 Å². The molecule has 1 aromatic carbocycles. The minimum atomic E-state index is -0.645. The zero-order valence-electron chi connectivity index (χ0n) is 13.0. The highest BCUT2D eigenvalue weighted by Gasteiger charge is 2.31. The van der Waals surface area contributed by atoms with Crippen LogP contribution in [0.25, 0.3) is 0 Å². The minimum Gasteiger partial charge on any atom is -0.467 e. The van der Waals surface area contributed by atoms with Crippen LogP contribution in [0.3, 0.4) is 0 Å². The van der Waals surface area contributed by atoms with Crippen LogP contribution in [-0.2, 0) is 6.61 Å². The van der Waals surface area contributed by atoms with Crippen LogP contribution in [0.1, 0.15) is 41.7 Å². The number of hydrogen-bond donors (Lipinski definition) is 2. The summed E-state index contributed by atoms with van der Waals surface area (Å²) in [5, 5.41) is 20.4. The first-order valence-electron chi connectivity index (χ1n) is 7.85. The molecule has 8 heteroatoms. The third-order valence-electron chi connectivity index (χ3n) is 4.03. The lowest BCUT2D eigenvalue weighted by Gasteiger charge is -2.10. The molecule has 0 atom stereocenters. The number of aromatic nitrogens is 2. The highest BCUT2D eigenvalue weighted by Crippen LogP contribution is 2.29. The molecule has 0 spiro atoms. The fraction of sp³-hybridized carbons (Fsp3) is 0.375. The molecule has 1 saturated carbocycles. The van der Waals surface area contributed by atoms with Crippen LogP contribution in [0.5, 0.6) is 5.88 Å². The molecule has 3 rings (SSSR count). The van der Waals surface area contributed by atoms with Crippen molar-refractivity contribution in [2.75, 3.05) is 0 Å². The number of carbonyl (C=O) groups is 1. The highest BCUT2D eigenvalue weighted by atomic mass is 16.6. The van der Waals surface area contributed by atoms with E-state index in [1.165, 1.54) is 0 Å². The Morgan fingerprint density at radius 1 is 1.33 bits per heavy atom. The molecule has 0 radical (unpaired) electrons. The number of aromatic amines is 1. The molecule has 0 saturated heterocycles. The lowest BCUT2D eigenvalue weighted by Crippen LogP contribution is -2.33. The summed E-state index contributed by atoms with van der Waals surface area (Å²) in [7, 11) is 0. The van der Waals surface area contributed by atoms with Gasteiger partial charge >= 0.3 is 11.6 Å². The van der Waals surface area contributed by atoms with Crippen LogP contribution in [0, 0.1) is 10.1 Å². The van der Waals surface area contributed by atoms with Crippen LogP contribution in [0.2, 0.25) is 0 Å². The summed E-state index contributed by atoms with van der Waals surface area (Å²) in [5.41, 5.74) is 0.253. The molecule has 1 aromatic heterocycles. The van der Waals surface area contributed by atoms with Gasteiger partial charge in [-0.05, 0) is 18.4 Å². The lowest BCUT2D eigenvalue weighted by atomic mass is 10.2. The molecular formula is C16H18N4O4. The van der Waals surface area contributed by atoms with Gasteiger partial charge in [0.1, 0.15) is 6.61 Å². The lowest BCUT2D eigenvalue weighted by molar-refractivity contribution is -0.386. The first kappa shape index (κ1) is 16.0. The van der Waals surface area contributed by atoms with Crippen molar-refractivity contribution in [1.29, 1.82) is 0 Å².